The molecule has 0 radical (unpaired) electrons. The van der Waals surface area contributed by atoms with Crippen LogP contribution in [-0.2, 0) is 23.2 Å². The number of carbonyl (C=O) groups is 1. The average molecular weight is 354 g/mol. The minimum atomic E-state index is -0.264. The highest BCUT2D eigenvalue weighted by molar-refractivity contribution is 5.91. The molecule has 2 fully saturated rings. The zero-order valence-electron chi connectivity index (χ0n) is 15.4. The molecule has 1 amide bonds. The Hall–Kier alpha value is -2.21. The summed E-state index contributed by atoms with van der Waals surface area (Å²) in [5, 5.41) is 4.05. The van der Waals surface area contributed by atoms with Crippen molar-refractivity contribution in [1.82, 2.24) is 19.9 Å². The summed E-state index contributed by atoms with van der Waals surface area (Å²) >= 11 is 0. The van der Waals surface area contributed by atoms with Gasteiger partial charge in [0.15, 0.2) is 5.82 Å². The van der Waals surface area contributed by atoms with Gasteiger partial charge >= 0.3 is 0 Å². The molecular weight excluding hydrogens is 328 g/mol. The largest absolute Gasteiger partial charge is 0.341 e. The predicted molar refractivity (Wildman–Crippen MR) is 97.5 cm³/mol. The third-order valence-corrected chi connectivity index (χ3v) is 5.54. The topological polar surface area (TPSA) is 62.5 Å². The maximum absolute atomic E-state index is 13.2. The highest BCUT2D eigenvalue weighted by Crippen LogP contribution is 2.49. The highest BCUT2D eigenvalue weighted by Gasteiger charge is 2.52. The summed E-state index contributed by atoms with van der Waals surface area (Å²) in [4.78, 5) is 22.0. The second-order valence-electron chi connectivity index (χ2n) is 7.33. The third-order valence-electron chi connectivity index (χ3n) is 5.54. The van der Waals surface area contributed by atoms with Gasteiger partial charge in [0.05, 0.1) is 12.0 Å². The SMILES string of the molecule is CCc1nc(CN2CCCN(C(=O)C3(c4ccccc4)CC3)CC2)no1. The maximum Gasteiger partial charge on any atom is 0.233 e. The molecule has 2 aromatic rings. The van der Waals surface area contributed by atoms with Crippen LogP contribution in [0.3, 0.4) is 0 Å². The number of hydrogen-bond acceptors (Lipinski definition) is 5. The Morgan fingerprint density at radius 3 is 2.65 bits per heavy atom. The molecule has 138 valence electrons. The van der Waals surface area contributed by atoms with Gasteiger partial charge in [-0.15, -0.1) is 0 Å². The Balaban J connectivity index is 1.38. The van der Waals surface area contributed by atoms with E-state index in [4.69, 9.17) is 4.52 Å². The third kappa shape index (κ3) is 3.38. The van der Waals surface area contributed by atoms with Crippen LogP contribution in [-0.4, -0.2) is 52.0 Å². The molecule has 4 rings (SSSR count). The van der Waals surface area contributed by atoms with Crippen molar-refractivity contribution in [2.45, 2.75) is 44.6 Å². The Morgan fingerprint density at radius 1 is 1.15 bits per heavy atom. The average Bonchev–Trinajstić information content (AvgIpc) is 3.42. The molecule has 2 aliphatic rings. The van der Waals surface area contributed by atoms with Crippen LogP contribution in [0.4, 0.5) is 0 Å². The number of hydrogen-bond donors (Lipinski definition) is 0. The summed E-state index contributed by atoms with van der Waals surface area (Å²) in [5.41, 5.74) is 0.908. The molecule has 1 aliphatic heterocycles. The summed E-state index contributed by atoms with van der Waals surface area (Å²) in [7, 11) is 0. The molecule has 1 aliphatic carbocycles. The van der Waals surface area contributed by atoms with E-state index in [2.05, 4.69) is 32.1 Å². The van der Waals surface area contributed by atoms with E-state index in [0.29, 0.717) is 18.3 Å². The van der Waals surface area contributed by atoms with Crippen molar-refractivity contribution >= 4 is 5.91 Å². The predicted octanol–water partition coefficient (Wildman–Crippen LogP) is 2.40. The van der Waals surface area contributed by atoms with Crippen molar-refractivity contribution in [3.05, 3.63) is 47.6 Å². The van der Waals surface area contributed by atoms with E-state index in [0.717, 1.165) is 57.7 Å². The molecule has 1 aromatic carbocycles. The summed E-state index contributed by atoms with van der Waals surface area (Å²) in [6.45, 7) is 6.11. The lowest BCUT2D eigenvalue weighted by Gasteiger charge is -2.26. The number of carbonyl (C=O) groups excluding carboxylic acids is 1. The van der Waals surface area contributed by atoms with Crippen molar-refractivity contribution in [3.63, 3.8) is 0 Å². The summed E-state index contributed by atoms with van der Waals surface area (Å²) in [6, 6.07) is 10.3. The van der Waals surface area contributed by atoms with Crippen LogP contribution in [0, 0.1) is 0 Å². The van der Waals surface area contributed by atoms with E-state index in [9.17, 15) is 4.79 Å². The maximum atomic E-state index is 13.2. The molecule has 0 atom stereocenters. The first-order valence-electron chi connectivity index (χ1n) is 9.60. The van der Waals surface area contributed by atoms with Gasteiger partial charge in [-0.1, -0.05) is 42.4 Å². The van der Waals surface area contributed by atoms with Gasteiger partial charge in [-0.05, 0) is 24.8 Å². The highest BCUT2D eigenvalue weighted by atomic mass is 16.5. The van der Waals surface area contributed by atoms with Crippen LogP contribution >= 0.6 is 0 Å². The fourth-order valence-electron chi connectivity index (χ4n) is 3.84. The Morgan fingerprint density at radius 2 is 1.96 bits per heavy atom. The monoisotopic (exact) mass is 354 g/mol. The van der Waals surface area contributed by atoms with Gasteiger partial charge in [0.1, 0.15) is 0 Å². The standard InChI is InChI=1S/C20H26N4O2/c1-2-18-21-17(22-26-18)15-23-11-6-12-24(14-13-23)19(25)20(9-10-20)16-7-4-3-5-8-16/h3-5,7-8H,2,6,9-15H2,1H3. The molecule has 1 aromatic heterocycles. The molecule has 0 bridgehead atoms. The molecular formula is C20H26N4O2. The normalized spacial score (nSPS) is 20.0. The van der Waals surface area contributed by atoms with Crippen LogP contribution in [0.15, 0.2) is 34.9 Å². The number of aromatic nitrogens is 2. The zero-order chi connectivity index (χ0) is 18.0. The fourth-order valence-corrected chi connectivity index (χ4v) is 3.84. The van der Waals surface area contributed by atoms with Crippen LogP contribution in [0.1, 0.15) is 43.5 Å². The van der Waals surface area contributed by atoms with Crippen molar-refractivity contribution in [3.8, 4) is 0 Å². The van der Waals surface area contributed by atoms with E-state index >= 15 is 0 Å². The number of aryl methyl sites for hydroxylation is 1. The Kier molecular flexibility index (Phi) is 4.76. The van der Waals surface area contributed by atoms with Crippen LogP contribution < -0.4 is 0 Å². The summed E-state index contributed by atoms with van der Waals surface area (Å²) in [6.07, 6.45) is 3.68. The number of amides is 1. The van der Waals surface area contributed by atoms with Crippen LogP contribution in [0.2, 0.25) is 0 Å². The number of nitrogens with zero attached hydrogens (tertiary/aromatic N) is 4. The van der Waals surface area contributed by atoms with Gasteiger partial charge in [-0.3, -0.25) is 9.69 Å². The molecule has 1 saturated heterocycles. The summed E-state index contributed by atoms with van der Waals surface area (Å²) in [5.74, 6) is 1.73. The Labute approximate surface area is 154 Å². The lowest BCUT2D eigenvalue weighted by atomic mass is 9.94. The molecule has 6 heteroatoms. The fraction of sp³-hybridized carbons (Fsp3) is 0.550. The van der Waals surface area contributed by atoms with Crippen LogP contribution in [0.5, 0.6) is 0 Å². The van der Waals surface area contributed by atoms with Gasteiger partial charge in [0.2, 0.25) is 11.8 Å². The molecule has 0 unspecified atom stereocenters. The molecule has 0 N–H and O–H groups in total. The minimum absolute atomic E-state index is 0.264. The second-order valence-corrected chi connectivity index (χ2v) is 7.33. The van der Waals surface area contributed by atoms with Gasteiger partial charge in [-0.25, -0.2) is 0 Å². The van der Waals surface area contributed by atoms with Crippen molar-refractivity contribution in [1.29, 1.82) is 0 Å². The van der Waals surface area contributed by atoms with E-state index in [-0.39, 0.29) is 5.41 Å². The van der Waals surface area contributed by atoms with E-state index < -0.39 is 0 Å². The minimum Gasteiger partial charge on any atom is -0.341 e. The van der Waals surface area contributed by atoms with Gasteiger partial charge < -0.3 is 9.42 Å². The van der Waals surface area contributed by atoms with Gasteiger partial charge in [-0.2, -0.15) is 4.98 Å². The molecule has 2 heterocycles. The first-order valence-corrected chi connectivity index (χ1v) is 9.60. The molecule has 0 spiro atoms. The molecule has 1 saturated carbocycles. The second kappa shape index (κ2) is 7.19. The van der Waals surface area contributed by atoms with E-state index in [1.807, 2.05) is 25.1 Å². The zero-order valence-corrected chi connectivity index (χ0v) is 15.4. The van der Waals surface area contributed by atoms with Gasteiger partial charge in [0, 0.05) is 32.6 Å². The Bertz CT molecular complexity index is 754. The van der Waals surface area contributed by atoms with Crippen molar-refractivity contribution in [2.24, 2.45) is 0 Å². The van der Waals surface area contributed by atoms with Gasteiger partial charge in [0.25, 0.3) is 0 Å². The lowest BCUT2D eigenvalue weighted by molar-refractivity contribution is -0.133. The lowest BCUT2D eigenvalue weighted by Crippen LogP contribution is -2.41. The summed E-state index contributed by atoms with van der Waals surface area (Å²) < 4.78 is 5.20. The quantitative estimate of drug-likeness (QED) is 0.825. The van der Waals surface area contributed by atoms with Crippen molar-refractivity contribution < 1.29 is 9.32 Å². The smallest absolute Gasteiger partial charge is 0.233 e. The number of rotatable bonds is 5. The molecule has 6 nitrogen and oxygen atoms in total. The first-order chi connectivity index (χ1) is 12.7. The first kappa shape index (κ1) is 17.2. The van der Waals surface area contributed by atoms with Crippen molar-refractivity contribution in [2.75, 3.05) is 26.2 Å². The van der Waals surface area contributed by atoms with Crippen LogP contribution in [0.25, 0.3) is 0 Å². The van der Waals surface area contributed by atoms with E-state index in [1.165, 1.54) is 5.56 Å². The number of benzene rings is 1. The van der Waals surface area contributed by atoms with E-state index in [1.54, 1.807) is 0 Å². The molecule has 26 heavy (non-hydrogen) atoms.